The van der Waals surface area contributed by atoms with Crippen LogP contribution >= 0.6 is 0 Å². The van der Waals surface area contributed by atoms with Gasteiger partial charge in [-0.25, -0.2) is 4.79 Å². The molecule has 0 saturated carbocycles. The second kappa shape index (κ2) is 7.49. The molecular weight excluding hydrogens is 346 g/mol. The Kier molecular flexibility index (Phi) is 5.12. The van der Waals surface area contributed by atoms with Gasteiger partial charge in [-0.3, -0.25) is 9.48 Å². The molecule has 1 amide bonds. The lowest BCUT2D eigenvalue weighted by atomic mass is 10.1. The van der Waals surface area contributed by atoms with Gasteiger partial charge in [0.2, 0.25) is 0 Å². The maximum absolute atomic E-state index is 12.5. The number of nitrogens with one attached hydrogen (secondary N) is 1. The van der Waals surface area contributed by atoms with E-state index in [0.717, 1.165) is 16.5 Å². The maximum atomic E-state index is 12.5. The summed E-state index contributed by atoms with van der Waals surface area (Å²) in [6, 6.07) is 11.1. The number of carbonyl (C=O) groups excluding carboxylic acids is 2. The van der Waals surface area contributed by atoms with Crippen LogP contribution in [0.2, 0.25) is 0 Å². The number of rotatable bonds is 5. The minimum absolute atomic E-state index is 0.276. The third-order valence-electron chi connectivity index (χ3n) is 4.40. The number of methoxy groups -OCH3 is 1. The number of hydrogen-bond donors (Lipinski definition) is 1. The Hall–Kier alpha value is -3.35. The first-order valence-corrected chi connectivity index (χ1v) is 8.44. The summed E-state index contributed by atoms with van der Waals surface area (Å²) in [5.41, 5.74) is 2.42. The number of fused-ring (bicyclic) bond motifs is 1. The van der Waals surface area contributed by atoms with Crippen molar-refractivity contribution in [3.8, 4) is 5.75 Å². The van der Waals surface area contributed by atoms with E-state index in [2.05, 4.69) is 10.4 Å². The van der Waals surface area contributed by atoms with E-state index in [9.17, 15) is 9.59 Å². The molecule has 3 rings (SSSR count). The van der Waals surface area contributed by atoms with Gasteiger partial charge in [-0.15, -0.1) is 0 Å². The van der Waals surface area contributed by atoms with Crippen molar-refractivity contribution in [1.82, 2.24) is 9.78 Å². The molecule has 0 unspecified atom stereocenters. The van der Waals surface area contributed by atoms with E-state index in [4.69, 9.17) is 9.47 Å². The van der Waals surface area contributed by atoms with Crippen molar-refractivity contribution >= 4 is 28.3 Å². The van der Waals surface area contributed by atoms with E-state index < -0.39 is 18.5 Å². The molecule has 0 aliphatic rings. The van der Waals surface area contributed by atoms with Gasteiger partial charge in [0, 0.05) is 7.05 Å². The third kappa shape index (κ3) is 3.76. The predicted octanol–water partition coefficient (Wildman–Crippen LogP) is 2.99. The standard InChI is InChI=1S/C20H21N3O4/c1-12-19(13(2)23(3)22-12)21-18(24)11-27-20(25)16-9-14-7-5-6-8-15(14)10-17(16)26-4/h5-10H,11H2,1-4H3,(H,21,24). The second-order valence-electron chi connectivity index (χ2n) is 6.19. The van der Waals surface area contributed by atoms with E-state index in [1.807, 2.05) is 31.2 Å². The topological polar surface area (TPSA) is 82.4 Å². The molecular formula is C20H21N3O4. The Balaban J connectivity index is 1.72. The summed E-state index contributed by atoms with van der Waals surface area (Å²) in [5, 5.41) is 8.81. The Morgan fingerprint density at radius 2 is 1.81 bits per heavy atom. The first kappa shape index (κ1) is 18.4. The number of esters is 1. The van der Waals surface area contributed by atoms with E-state index in [1.165, 1.54) is 7.11 Å². The molecule has 1 N–H and O–H groups in total. The second-order valence-corrected chi connectivity index (χ2v) is 6.19. The van der Waals surface area contributed by atoms with Gasteiger partial charge in [0.05, 0.1) is 24.2 Å². The quantitative estimate of drug-likeness (QED) is 0.701. The molecule has 27 heavy (non-hydrogen) atoms. The molecule has 0 fully saturated rings. The summed E-state index contributed by atoms with van der Waals surface area (Å²) in [5.74, 6) is -0.646. The fourth-order valence-corrected chi connectivity index (χ4v) is 2.89. The van der Waals surface area contributed by atoms with Crippen LogP contribution in [0.1, 0.15) is 21.7 Å². The lowest BCUT2D eigenvalue weighted by Gasteiger charge is -2.11. The molecule has 3 aromatic rings. The lowest BCUT2D eigenvalue weighted by Crippen LogP contribution is -2.21. The van der Waals surface area contributed by atoms with Crippen LogP contribution in [0.25, 0.3) is 10.8 Å². The molecule has 1 aromatic heterocycles. The van der Waals surface area contributed by atoms with Crippen LogP contribution in [0.4, 0.5) is 5.69 Å². The third-order valence-corrected chi connectivity index (χ3v) is 4.40. The summed E-state index contributed by atoms with van der Waals surface area (Å²) < 4.78 is 12.2. The molecule has 0 atom stereocenters. The van der Waals surface area contributed by atoms with Crippen LogP contribution in [0.5, 0.6) is 5.75 Å². The van der Waals surface area contributed by atoms with Crippen molar-refractivity contribution in [3.05, 3.63) is 53.3 Å². The van der Waals surface area contributed by atoms with E-state index in [1.54, 1.807) is 30.8 Å². The molecule has 0 bridgehead atoms. The van der Waals surface area contributed by atoms with Gasteiger partial charge in [0.25, 0.3) is 5.91 Å². The smallest absolute Gasteiger partial charge is 0.342 e. The van der Waals surface area contributed by atoms with Gasteiger partial charge in [-0.2, -0.15) is 5.10 Å². The van der Waals surface area contributed by atoms with Crippen LogP contribution < -0.4 is 10.1 Å². The highest BCUT2D eigenvalue weighted by Gasteiger charge is 2.18. The highest BCUT2D eigenvalue weighted by atomic mass is 16.5. The Bertz CT molecular complexity index is 1020. The van der Waals surface area contributed by atoms with Crippen LogP contribution in [0, 0.1) is 13.8 Å². The minimum atomic E-state index is -0.618. The molecule has 1 heterocycles. The number of benzene rings is 2. The zero-order valence-corrected chi connectivity index (χ0v) is 15.7. The zero-order valence-electron chi connectivity index (χ0n) is 15.7. The predicted molar refractivity (Wildman–Crippen MR) is 102 cm³/mol. The van der Waals surface area contributed by atoms with Crippen molar-refractivity contribution in [1.29, 1.82) is 0 Å². The largest absolute Gasteiger partial charge is 0.496 e. The van der Waals surface area contributed by atoms with Gasteiger partial charge < -0.3 is 14.8 Å². The number of amides is 1. The SMILES string of the molecule is COc1cc2ccccc2cc1C(=O)OCC(=O)Nc1c(C)nn(C)c1C. The number of hydrogen-bond acceptors (Lipinski definition) is 5. The summed E-state index contributed by atoms with van der Waals surface area (Å²) >= 11 is 0. The van der Waals surface area contributed by atoms with Crippen LogP contribution in [0.15, 0.2) is 36.4 Å². The highest BCUT2D eigenvalue weighted by Crippen LogP contribution is 2.26. The maximum Gasteiger partial charge on any atom is 0.342 e. The van der Waals surface area contributed by atoms with Crippen LogP contribution in [-0.4, -0.2) is 35.4 Å². The van der Waals surface area contributed by atoms with Gasteiger partial charge in [0.15, 0.2) is 6.61 Å². The van der Waals surface area contributed by atoms with Crippen LogP contribution in [0.3, 0.4) is 0 Å². The fraction of sp³-hybridized carbons (Fsp3) is 0.250. The van der Waals surface area contributed by atoms with Crippen molar-refractivity contribution in [3.63, 3.8) is 0 Å². The van der Waals surface area contributed by atoms with Crippen molar-refractivity contribution in [2.45, 2.75) is 13.8 Å². The molecule has 0 aliphatic carbocycles. The monoisotopic (exact) mass is 367 g/mol. The first-order chi connectivity index (χ1) is 12.9. The van der Waals surface area contributed by atoms with Gasteiger partial charge in [-0.1, -0.05) is 24.3 Å². The zero-order chi connectivity index (χ0) is 19.6. The van der Waals surface area contributed by atoms with E-state index in [0.29, 0.717) is 17.1 Å². The van der Waals surface area contributed by atoms with Gasteiger partial charge >= 0.3 is 5.97 Å². The Morgan fingerprint density at radius 3 is 2.41 bits per heavy atom. The average molecular weight is 367 g/mol. The van der Waals surface area contributed by atoms with E-state index in [-0.39, 0.29) is 5.56 Å². The number of aryl methyl sites for hydroxylation is 2. The first-order valence-electron chi connectivity index (χ1n) is 8.44. The summed E-state index contributed by atoms with van der Waals surface area (Å²) in [6.45, 7) is 3.25. The highest BCUT2D eigenvalue weighted by molar-refractivity contribution is 6.00. The number of aromatic nitrogens is 2. The Labute approximate surface area is 156 Å². The molecule has 0 radical (unpaired) electrons. The fourth-order valence-electron chi connectivity index (χ4n) is 2.89. The molecule has 0 spiro atoms. The molecule has 0 aliphatic heterocycles. The molecule has 7 nitrogen and oxygen atoms in total. The molecule has 2 aromatic carbocycles. The normalized spacial score (nSPS) is 10.7. The van der Waals surface area contributed by atoms with Gasteiger partial charge in [-0.05, 0) is 36.8 Å². The molecule has 140 valence electrons. The van der Waals surface area contributed by atoms with Crippen molar-refractivity contribution in [2.75, 3.05) is 19.0 Å². The number of anilines is 1. The number of nitrogens with zero attached hydrogens (tertiary/aromatic N) is 2. The van der Waals surface area contributed by atoms with Crippen molar-refractivity contribution < 1.29 is 19.1 Å². The van der Waals surface area contributed by atoms with Crippen LogP contribution in [-0.2, 0) is 16.6 Å². The molecule has 7 heteroatoms. The average Bonchev–Trinajstić information content (AvgIpc) is 2.91. The lowest BCUT2D eigenvalue weighted by molar-refractivity contribution is -0.119. The number of ether oxygens (including phenoxy) is 2. The summed E-state index contributed by atoms with van der Waals surface area (Å²) in [6.07, 6.45) is 0. The van der Waals surface area contributed by atoms with Crippen molar-refractivity contribution in [2.24, 2.45) is 7.05 Å². The Morgan fingerprint density at radius 1 is 1.15 bits per heavy atom. The summed E-state index contributed by atoms with van der Waals surface area (Å²) in [7, 11) is 3.28. The number of carbonyl (C=O) groups is 2. The minimum Gasteiger partial charge on any atom is -0.496 e. The van der Waals surface area contributed by atoms with Gasteiger partial charge in [0.1, 0.15) is 11.3 Å². The molecule has 0 saturated heterocycles. The summed E-state index contributed by atoms with van der Waals surface area (Å²) in [4.78, 5) is 24.6. The van der Waals surface area contributed by atoms with E-state index >= 15 is 0 Å².